The topological polar surface area (TPSA) is 20.2 Å². The van der Waals surface area contributed by atoms with Crippen molar-refractivity contribution in [1.29, 1.82) is 0 Å². The number of hydrogen-bond donors (Lipinski definition) is 1. The molecule has 0 spiro atoms. The zero-order valence-electron chi connectivity index (χ0n) is 13.4. The fourth-order valence-corrected chi connectivity index (χ4v) is 2.98. The van der Waals surface area contributed by atoms with E-state index in [1.807, 2.05) is 18.2 Å². The Labute approximate surface area is 125 Å². The maximum atomic E-state index is 10.0. The van der Waals surface area contributed by atoms with Gasteiger partial charge in [-0.15, -0.1) is 0 Å². The van der Waals surface area contributed by atoms with Gasteiger partial charge in [0.25, 0.3) is 0 Å². The molecule has 1 rings (SSSR count). The lowest BCUT2D eigenvalue weighted by atomic mass is 9.88. The molecule has 1 aromatic rings. The molecule has 0 aliphatic rings. The smallest absolute Gasteiger partial charge is 0.119 e. The summed E-state index contributed by atoms with van der Waals surface area (Å²) in [4.78, 5) is 0. The molecule has 0 aliphatic heterocycles. The van der Waals surface area contributed by atoms with E-state index in [1.54, 1.807) is 0 Å². The molecular weight excluding hydrogens is 244 g/mol. The van der Waals surface area contributed by atoms with Crippen LogP contribution in [-0.4, -0.2) is 5.11 Å². The number of benzene rings is 1. The van der Waals surface area contributed by atoms with Crippen molar-refractivity contribution in [3.63, 3.8) is 0 Å². The van der Waals surface area contributed by atoms with Crippen LogP contribution in [0.2, 0.25) is 0 Å². The first kappa shape index (κ1) is 17.1. The molecule has 0 fully saturated rings. The molecule has 0 amide bonds. The minimum Gasteiger partial charge on any atom is -0.508 e. The molecule has 114 valence electrons. The lowest BCUT2D eigenvalue weighted by Gasteiger charge is -2.17. The van der Waals surface area contributed by atoms with Crippen LogP contribution in [0.1, 0.15) is 89.5 Å². The van der Waals surface area contributed by atoms with Crippen LogP contribution in [0.3, 0.4) is 0 Å². The van der Waals surface area contributed by atoms with Gasteiger partial charge in [0, 0.05) is 0 Å². The molecule has 0 aromatic heterocycles. The summed E-state index contributed by atoms with van der Waals surface area (Å²) in [5, 5.41) is 10.0. The average molecular weight is 276 g/mol. The third-order valence-corrected chi connectivity index (χ3v) is 4.17. The lowest BCUT2D eigenvalue weighted by molar-refractivity contribution is 0.445. The van der Waals surface area contributed by atoms with Gasteiger partial charge in [0.1, 0.15) is 5.75 Å². The van der Waals surface area contributed by atoms with Crippen molar-refractivity contribution in [2.24, 2.45) is 0 Å². The van der Waals surface area contributed by atoms with Crippen LogP contribution in [-0.2, 0) is 0 Å². The summed E-state index contributed by atoms with van der Waals surface area (Å²) < 4.78 is 0. The normalized spacial score (nSPS) is 12.5. The minimum atomic E-state index is 0.480. The van der Waals surface area contributed by atoms with Gasteiger partial charge in [0.2, 0.25) is 0 Å². The van der Waals surface area contributed by atoms with Crippen molar-refractivity contribution in [2.75, 3.05) is 0 Å². The van der Waals surface area contributed by atoms with Gasteiger partial charge < -0.3 is 5.11 Å². The number of hydrogen-bond acceptors (Lipinski definition) is 1. The van der Waals surface area contributed by atoms with E-state index < -0.39 is 0 Å². The summed E-state index contributed by atoms with van der Waals surface area (Å²) in [5.41, 5.74) is 1.15. The number of rotatable bonds is 11. The Balaban J connectivity index is 2.31. The molecule has 0 saturated heterocycles. The summed E-state index contributed by atoms with van der Waals surface area (Å²) in [6.07, 6.45) is 13.1. The standard InChI is InChI=1S/C19H32O/c1-3-5-6-7-8-9-10-14-17(13-4-2)18-15-11-12-16-19(18)20/h11-12,15-17,20H,3-10,13-14H2,1-2H3. The van der Waals surface area contributed by atoms with E-state index in [0.29, 0.717) is 11.7 Å². The molecule has 1 heteroatoms. The Bertz CT molecular complexity index is 345. The fraction of sp³-hybridized carbons (Fsp3) is 0.684. The predicted octanol–water partition coefficient (Wildman–Crippen LogP) is 6.42. The summed E-state index contributed by atoms with van der Waals surface area (Å²) in [5.74, 6) is 1.02. The highest BCUT2D eigenvalue weighted by Gasteiger charge is 2.13. The van der Waals surface area contributed by atoms with Crippen molar-refractivity contribution in [3.05, 3.63) is 29.8 Å². The first-order valence-electron chi connectivity index (χ1n) is 8.57. The SMILES string of the molecule is CCCCCCCCCC(CCC)c1ccccc1O. The Morgan fingerprint density at radius 2 is 1.45 bits per heavy atom. The van der Waals surface area contributed by atoms with Crippen molar-refractivity contribution in [1.82, 2.24) is 0 Å². The van der Waals surface area contributed by atoms with Crippen molar-refractivity contribution >= 4 is 0 Å². The Kier molecular flexibility index (Phi) is 9.19. The first-order valence-corrected chi connectivity index (χ1v) is 8.57. The molecule has 1 unspecified atom stereocenters. The number of phenols is 1. The van der Waals surface area contributed by atoms with Crippen LogP contribution in [0.5, 0.6) is 5.75 Å². The maximum Gasteiger partial charge on any atom is 0.119 e. The summed E-state index contributed by atoms with van der Waals surface area (Å²) in [6, 6.07) is 7.87. The van der Waals surface area contributed by atoms with E-state index in [4.69, 9.17) is 0 Å². The number of unbranched alkanes of at least 4 members (excludes halogenated alkanes) is 6. The van der Waals surface area contributed by atoms with E-state index >= 15 is 0 Å². The molecule has 1 aromatic carbocycles. The number of phenolic OH excluding ortho intramolecular Hbond substituents is 1. The average Bonchev–Trinajstić information content (AvgIpc) is 2.46. The van der Waals surface area contributed by atoms with E-state index in [-0.39, 0.29) is 0 Å². The van der Waals surface area contributed by atoms with Gasteiger partial charge in [-0.2, -0.15) is 0 Å². The van der Waals surface area contributed by atoms with Crippen LogP contribution in [0.25, 0.3) is 0 Å². The van der Waals surface area contributed by atoms with E-state index in [0.717, 1.165) is 5.56 Å². The van der Waals surface area contributed by atoms with Gasteiger partial charge >= 0.3 is 0 Å². The molecule has 1 atom stereocenters. The quantitative estimate of drug-likeness (QED) is 0.462. The Hall–Kier alpha value is -0.980. The third-order valence-electron chi connectivity index (χ3n) is 4.17. The van der Waals surface area contributed by atoms with Crippen molar-refractivity contribution < 1.29 is 5.11 Å². The molecule has 0 saturated carbocycles. The van der Waals surface area contributed by atoms with Gasteiger partial charge in [0.15, 0.2) is 0 Å². The van der Waals surface area contributed by atoms with E-state index in [2.05, 4.69) is 19.9 Å². The lowest BCUT2D eigenvalue weighted by Crippen LogP contribution is -1.99. The molecule has 0 heterocycles. The molecule has 0 radical (unpaired) electrons. The second-order valence-electron chi connectivity index (χ2n) is 5.95. The highest BCUT2D eigenvalue weighted by atomic mass is 16.3. The zero-order chi connectivity index (χ0) is 14.6. The van der Waals surface area contributed by atoms with Crippen molar-refractivity contribution in [2.45, 2.75) is 84.0 Å². The molecule has 0 aliphatic carbocycles. The number of para-hydroxylation sites is 1. The molecule has 0 bridgehead atoms. The Morgan fingerprint density at radius 1 is 0.800 bits per heavy atom. The molecule has 1 nitrogen and oxygen atoms in total. The van der Waals surface area contributed by atoms with Crippen LogP contribution < -0.4 is 0 Å². The van der Waals surface area contributed by atoms with Crippen LogP contribution in [0.15, 0.2) is 24.3 Å². The van der Waals surface area contributed by atoms with Crippen LogP contribution in [0, 0.1) is 0 Å². The van der Waals surface area contributed by atoms with Gasteiger partial charge in [-0.1, -0.05) is 83.4 Å². The summed E-state index contributed by atoms with van der Waals surface area (Å²) >= 11 is 0. The minimum absolute atomic E-state index is 0.480. The fourth-order valence-electron chi connectivity index (χ4n) is 2.98. The van der Waals surface area contributed by atoms with Crippen LogP contribution in [0.4, 0.5) is 0 Å². The molecule has 20 heavy (non-hydrogen) atoms. The van der Waals surface area contributed by atoms with E-state index in [9.17, 15) is 5.11 Å². The third kappa shape index (κ3) is 6.45. The summed E-state index contributed by atoms with van der Waals surface area (Å²) in [6.45, 7) is 4.50. The Morgan fingerprint density at radius 3 is 2.10 bits per heavy atom. The van der Waals surface area contributed by atoms with Gasteiger partial charge in [-0.05, 0) is 30.4 Å². The maximum absolute atomic E-state index is 10.0. The zero-order valence-corrected chi connectivity index (χ0v) is 13.4. The van der Waals surface area contributed by atoms with Gasteiger partial charge in [-0.3, -0.25) is 0 Å². The molecular formula is C19H32O. The second kappa shape index (κ2) is 10.8. The molecule has 1 N–H and O–H groups in total. The van der Waals surface area contributed by atoms with Crippen molar-refractivity contribution in [3.8, 4) is 5.75 Å². The second-order valence-corrected chi connectivity index (χ2v) is 5.95. The predicted molar refractivity (Wildman–Crippen MR) is 88.4 cm³/mol. The highest BCUT2D eigenvalue weighted by molar-refractivity contribution is 5.34. The van der Waals surface area contributed by atoms with Gasteiger partial charge in [0.05, 0.1) is 0 Å². The highest BCUT2D eigenvalue weighted by Crippen LogP contribution is 2.33. The van der Waals surface area contributed by atoms with Gasteiger partial charge in [-0.25, -0.2) is 0 Å². The van der Waals surface area contributed by atoms with Crippen LogP contribution >= 0.6 is 0 Å². The summed E-state index contributed by atoms with van der Waals surface area (Å²) in [7, 11) is 0. The number of aromatic hydroxyl groups is 1. The largest absolute Gasteiger partial charge is 0.508 e. The monoisotopic (exact) mass is 276 g/mol. The first-order chi connectivity index (χ1) is 9.79. The van der Waals surface area contributed by atoms with E-state index in [1.165, 1.54) is 64.2 Å².